The number of nitrogens with zero attached hydrogens (tertiary/aromatic N) is 2. The molecular weight excluding hydrogens is 184 g/mol. The summed E-state index contributed by atoms with van der Waals surface area (Å²) in [5.41, 5.74) is 1.44. The van der Waals surface area contributed by atoms with Crippen LogP contribution in [0.15, 0.2) is 30.3 Å². The van der Waals surface area contributed by atoms with Gasteiger partial charge in [0, 0.05) is 31.7 Å². The van der Waals surface area contributed by atoms with Crippen LogP contribution in [-0.2, 0) is 6.54 Å². The second-order valence-electron chi connectivity index (χ2n) is 4.67. The first-order chi connectivity index (χ1) is 7.42. The molecule has 1 aromatic rings. The van der Waals surface area contributed by atoms with E-state index < -0.39 is 0 Å². The molecule has 3 aliphatic rings. The van der Waals surface area contributed by atoms with Crippen LogP contribution in [0.3, 0.4) is 0 Å². The summed E-state index contributed by atoms with van der Waals surface area (Å²) in [6.45, 7) is 3.36. The summed E-state index contributed by atoms with van der Waals surface area (Å²) in [4.78, 5) is 2.61. The quantitative estimate of drug-likeness (QED) is 0.711. The third-order valence-corrected chi connectivity index (χ3v) is 3.60. The van der Waals surface area contributed by atoms with Gasteiger partial charge in [0.15, 0.2) is 0 Å². The van der Waals surface area contributed by atoms with E-state index in [-0.39, 0.29) is 0 Å². The minimum atomic E-state index is 0.624. The van der Waals surface area contributed by atoms with Crippen molar-refractivity contribution in [2.75, 3.05) is 13.1 Å². The number of benzene rings is 1. The number of rotatable bonds is 2. The molecule has 0 amide bonds. The van der Waals surface area contributed by atoms with E-state index in [2.05, 4.69) is 40.5 Å². The van der Waals surface area contributed by atoms with Crippen molar-refractivity contribution in [2.45, 2.75) is 31.5 Å². The lowest BCUT2D eigenvalue weighted by Crippen LogP contribution is -2.57. The predicted octanol–water partition coefficient (Wildman–Crippen LogP) is 1.64. The molecule has 0 aliphatic carbocycles. The highest BCUT2D eigenvalue weighted by Crippen LogP contribution is 2.24. The Hall–Kier alpha value is -0.860. The molecule has 4 rings (SSSR count). The van der Waals surface area contributed by atoms with Crippen LogP contribution in [0.4, 0.5) is 0 Å². The smallest absolute Gasteiger partial charge is 0.0374 e. The van der Waals surface area contributed by atoms with Gasteiger partial charge in [-0.05, 0) is 18.4 Å². The first-order valence-electron chi connectivity index (χ1n) is 5.86. The molecule has 3 fully saturated rings. The lowest BCUT2D eigenvalue weighted by molar-refractivity contribution is 0.0658. The highest BCUT2D eigenvalue weighted by Gasteiger charge is 2.33. The lowest BCUT2D eigenvalue weighted by atomic mass is 9.92. The van der Waals surface area contributed by atoms with Gasteiger partial charge in [0.05, 0.1) is 0 Å². The molecule has 3 aliphatic heterocycles. The largest absolute Gasteiger partial charge is 0.293 e. The third-order valence-electron chi connectivity index (χ3n) is 3.60. The van der Waals surface area contributed by atoms with Gasteiger partial charge in [0.25, 0.3) is 0 Å². The van der Waals surface area contributed by atoms with Gasteiger partial charge in [-0.15, -0.1) is 0 Å². The van der Waals surface area contributed by atoms with E-state index >= 15 is 0 Å². The molecule has 1 radical (unpaired) electrons. The predicted molar refractivity (Wildman–Crippen MR) is 60.7 cm³/mol. The fourth-order valence-corrected chi connectivity index (χ4v) is 2.72. The SMILES string of the molecule is c1ccc(CN2CC3CCC2C[N]3)cc1. The zero-order chi connectivity index (χ0) is 10.1. The zero-order valence-corrected chi connectivity index (χ0v) is 8.97. The van der Waals surface area contributed by atoms with Crippen LogP contribution in [0.5, 0.6) is 0 Å². The molecule has 15 heavy (non-hydrogen) atoms. The van der Waals surface area contributed by atoms with Crippen LogP contribution in [0.25, 0.3) is 0 Å². The Labute approximate surface area is 91.3 Å². The van der Waals surface area contributed by atoms with Gasteiger partial charge in [-0.3, -0.25) is 4.90 Å². The Morgan fingerprint density at radius 2 is 2.07 bits per heavy atom. The first-order valence-corrected chi connectivity index (χ1v) is 5.86. The van der Waals surface area contributed by atoms with Crippen LogP contribution >= 0.6 is 0 Å². The van der Waals surface area contributed by atoms with Crippen molar-refractivity contribution in [1.82, 2.24) is 10.2 Å². The first kappa shape index (κ1) is 9.37. The molecule has 0 spiro atoms. The molecule has 3 heterocycles. The summed E-state index contributed by atoms with van der Waals surface area (Å²) in [5, 5.41) is 4.65. The molecule has 2 unspecified atom stereocenters. The molecule has 2 bridgehead atoms. The van der Waals surface area contributed by atoms with Crippen LogP contribution in [-0.4, -0.2) is 30.1 Å². The van der Waals surface area contributed by atoms with Gasteiger partial charge < -0.3 is 0 Å². The average molecular weight is 201 g/mol. The van der Waals surface area contributed by atoms with Crippen LogP contribution in [0.2, 0.25) is 0 Å². The number of hydrogen-bond acceptors (Lipinski definition) is 1. The molecule has 2 atom stereocenters. The van der Waals surface area contributed by atoms with Crippen molar-refractivity contribution in [3.05, 3.63) is 35.9 Å². The fraction of sp³-hybridized carbons (Fsp3) is 0.538. The van der Waals surface area contributed by atoms with Crippen molar-refractivity contribution in [3.63, 3.8) is 0 Å². The Morgan fingerprint density at radius 3 is 2.67 bits per heavy atom. The summed E-state index contributed by atoms with van der Waals surface area (Å²) in [7, 11) is 0. The minimum Gasteiger partial charge on any atom is -0.293 e. The summed E-state index contributed by atoms with van der Waals surface area (Å²) >= 11 is 0. The summed E-state index contributed by atoms with van der Waals surface area (Å²) in [6, 6.07) is 12.1. The van der Waals surface area contributed by atoms with Crippen molar-refractivity contribution in [2.24, 2.45) is 0 Å². The zero-order valence-electron chi connectivity index (χ0n) is 8.97. The lowest BCUT2D eigenvalue weighted by Gasteiger charge is -2.44. The topological polar surface area (TPSA) is 17.3 Å². The molecule has 2 heteroatoms. The van der Waals surface area contributed by atoms with Crippen LogP contribution < -0.4 is 5.32 Å². The van der Waals surface area contributed by atoms with E-state index in [0.717, 1.165) is 19.1 Å². The van der Waals surface area contributed by atoms with Crippen molar-refractivity contribution in [3.8, 4) is 0 Å². The van der Waals surface area contributed by atoms with E-state index in [1.807, 2.05) is 0 Å². The maximum atomic E-state index is 4.65. The van der Waals surface area contributed by atoms with Crippen molar-refractivity contribution >= 4 is 0 Å². The van der Waals surface area contributed by atoms with Gasteiger partial charge >= 0.3 is 0 Å². The molecule has 3 saturated heterocycles. The van der Waals surface area contributed by atoms with Crippen LogP contribution in [0, 0.1) is 0 Å². The summed E-state index contributed by atoms with van der Waals surface area (Å²) < 4.78 is 0. The minimum absolute atomic E-state index is 0.624. The van der Waals surface area contributed by atoms with Gasteiger partial charge in [0.2, 0.25) is 0 Å². The van der Waals surface area contributed by atoms with E-state index in [1.54, 1.807) is 0 Å². The van der Waals surface area contributed by atoms with E-state index in [9.17, 15) is 0 Å². The Balaban J connectivity index is 1.69. The summed E-state index contributed by atoms with van der Waals surface area (Å²) in [6.07, 6.45) is 2.66. The highest BCUT2D eigenvalue weighted by molar-refractivity contribution is 5.15. The van der Waals surface area contributed by atoms with Crippen LogP contribution in [0.1, 0.15) is 18.4 Å². The average Bonchev–Trinajstić information content (AvgIpc) is 2.32. The molecular formula is C13H17N2. The maximum absolute atomic E-state index is 4.65. The van der Waals surface area contributed by atoms with Gasteiger partial charge in [-0.2, -0.15) is 0 Å². The Bertz CT molecular complexity index is 315. The van der Waals surface area contributed by atoms with Crippen molar-refractivity contribution < 1.29 is 0 Å². The van der Waals surface area contributed by atoms with E-state index in [4.69, 9.17) is 0 Å². The molecule has 79 valence electrons. The van der Waals surface area contributed by atoms with E-state index in [1.165, 1.54) is 24.9 Å². The third kappa shape index (κ3) is 1.92. The fourth-order valence-electron chi connectivity index (χ4n) is 2.72. The second-order valence-corrected chi connectivity index (χ2v) is 4.67. The number of fused-ring (bicyclic) bond motifs is 3. The number of piperidine rings is 2. The summed E-state index contributed by atoms with van der Waals surface area (Å²) in [5.74, 6) is 0. The Kier molecular flexibility index (Phi) is 2.47. The van der Waals surface area contributed by atoms with Crippen molar-refractivity contribution in [1.29, 1.82) is 0 Å². The Morgan fingerprint density at radius 1 is 1.20 bits per heavy atom. The molecule has 0 N–H and O–H groups in total. The monoisotopic (exact) mass is 201 g/mol. The number of piperazine rings is 1. The van der Waals surface area contributed by atoms with Gasteiger partial charge in [-0.1, -0.05) is 30.3 Å². The standard InChI is InChI=1S/C13H17N2/c1-2-4-11(5-3-1)9-15-10-12-6-7-13(15)8-14-12/h1-5,12-13H,6-10H2. The molecule has 0 aromatic heterocycles. The van der Waals surface area contributed by atoms with Gasteiger partial charge in [-0.25, -0.2) is 5.32 Å². The molecule has 1 aromatic carbocycles. The highest BCUT2D eigenvalue weighted by atomic mass is 15.2. The maximum Gasteiger partial charge on any atom is 0.0374 e. The molecule has 2 nitrogen and oxygen atoms in total. The second kappa shape index (κ2) is 3.95. The normalized spacial score (nSPS) is 30.7. The van der Waals surface area contributed by atoms with Gasteiger partial charge in [0.1, 0.15) is 0 Å². The van der Waals surface area contributed by atoms with E-state index in [0.29, 0.717) is 6.04 Å². The number of hydrogen-bond donors (Lipinski definition) is 0. The molecule has 0 saturated carbocycles.